The van der Waals surface area contributed by atoms with Crippen molar-refractivity contribution in [3.8, 4) is 0 Å². The molecule has 1 aliphatic heterocycles. The lowest BCUT2D eigenvalue weighted by atomic mass is 9.98. The number of ketones is 1. The van der Waals surface area contributed by atoms with Gasteiger partial charge in [-0.15, -0.1) is 0 Å². The summed E-state index contributed by atoms with van der Waals surface area (Å²) in [6, 6.07) is 4.79. The van der Waals surface area contributed by atoms with Crippen LogP contribution in [0, 0.1) is 11.7 Å². The average Bonchev–Trinajstić information content (AvgIpc) is 2.63. The SMILES string of the molecule is CCC1CCCN(c2c(F)cccc2C(C)=O)CC1. The Morgan fingerprint density at radius 3 is 2.84 bits per heavy atom. The molecule has 1 aromatic rings. The number of Topliss-reactive ketones (excluding diaryl/α,β-unsaturated/α-hetero) is 1. The summed E-state index contributed by atoms with van der Waals surface area (Å²) in [6.45, 7) is 5.41. The number of rotatable bonds is 3. The Morgan fingerprint density at radius 1 is 1.37 bits per heavy atom. The quantitative estimate of drug-likeness (QED) is 0.767. The molecule has 1 atom stereocenters. The van der Waals surface area contributed by atoms with Crippen LogP contribution in [0.3, 0.4) is 0 Å². The van der Waals surface area contributed by atoms with Crippen LogP contribution in [0.4, 0.5) is 10.1 Å². The molecule has 1 fully saturated rings. The first-order valence-electron chi connectivity index (χ1n) is 7.18. The van der Waals surface area contributed by atoms with Crippen molar-refractivity contribution in [2.24, 2.45) is 5.92 Å². The van der Waals surface area contributed by atoms with E-state index in [1.807, 2.05) is 0 Å². The topological polar surface area (TPSA) is 20.3 Å². The molecular weight excluding hydrogens is 241 g/mol. The van der Waals surface area contributed by atoms with Crippen molar-refractivity contribution >= 4 is 11.5 Å². The fourth-order valence-corrected chi connectivity index (χ4v) is 2.92. The van der Waals surface area contributed by atoms with Gasteiger partial charge in [0, 0.05) is 18.7 Å². The van der Waals surface area contributed by atoms with Gasteiger partial charge in [-0.05, 0) is 44.2 Å². The largest absolute Gasteiger partial charge is 0.369 e. The van der Waals surface area contributed by atoms with Crippen molar-refractivity contribution < 1.29 is 9.18 Å². The summed E-state index contributed by atoms with van der Waals surface area (Å²) in [4.78, 5) is 13.7. The third-order valence-electron chi connectivity index (χ3n) is 4.11. The maximum Gasteiger partial charge on any atom is 0.161 e. The highest BCUT2D eigenvalue weighted by molar-refractivity contribution is 5.99. The first-order chi connectivity index (χ1) is 9.13. The van der Waals surface area contributed by atoms with Crippen LogP contribution in [-0.2, 0) is 0 Å². The molecule has 3 heteroatoms. The Balaban J connectivity index is 2.28. The molecule has 1 saturated heterocycles. The van der Waals surface area contributed by atoms with E-state index in [0.29, 0.717) is 11.3 Å². The fourth-order valence-electron chi connectivity index (χ4n) is 2.92. The third kappa shape index (κ3) is 3.14. The number of anilines is 1. The van der Waals surface area contributed by atoms with Gasteiger partial charge in [-0.2, -0.15) is 0 Å². The second-order valence-corrected chi connectivity index (χ2v) is 5.38. The van der Waals surface area contributed by atoms with Crippen LogP contribution in [0.2, 0.25) is 0 Å². The van der Waals surface area contributed by atoms with Crippen LogP contribution < -0.4 is 4.90 Å². The van der Waals surface area contributed by atoms with Gasteiger partial charge in [0.2, 0.25) is 0 Å². The molecule has 0 saturated carbocycles. The van der Waals surface area contributed by atoms with E-state index in [0.717, 1.165) is 31.8 Å². The minimum atomic E-state index is -0.275. The average molecular weight is 263 g/mol. The maximum atomic E-state index is 14.1. The Morgan fingerprint density at radius 2 is 2.16 bits per heavy atom. The van der Waals surface area contributed by atoms with E-state index in [1.54, 1.807) is 12.1 Å². The molecule has 0 spiro atoms. The van der Waals surface area contributed by atoms with Gasteiger partial charge in [-0.3, -0.25) is 4.79 Å². The summed E-state index contributed by atoms with van der Waals surface area (Å²) in [5.74, 6) is 0.394. The molecule has 0 aliphatic carbocycles. The van der Waals surface area contributed by atoms with Crippen LogP contribution >= 0.6 is 0 Å². The predicted molar refractivity (Wildman–Crippen MR) is 76.2 cm³/mol. The summed E-state index contributed by atoms with van der Waals surface area (Å²) < 4.78 is 14.1. The van der Waals surface area contributed by atoms with E-state index in [4.69, 9.17) is 0 Å². The number of hydrogen-bond acceptors (Lipinski definition) is 2. The number of benzene rings is 1. The Bertz CT molecular complexity index is 458. The molecule has 2 nitrogen and oxygen atoms in total. The number of carbonyl (C=O) groups excluding carboxylic acids is 1. The molecule has 104 valence electrons. The third-order valence-corrected chi connectivity index (χ3v) is 4.11. The number of hydrogen-bond donors (Lipinski definition) is 0. The summed E-state index contributed by atoms with van der Waals surface area (Å²) in [5.41, 5.74) is 1.02. The first-order valence-corrected chi connectivity index (χ1v) is 7.18. The van der Waals surface area contributed by atoms with Gasteiger partial charge >= 0.3 is 0 Å². The molecule has 0 N–H and O–H groups in total. The van der Waals surface area contributed by atoms with E-state index >= 15 is 0 Å². The molecule has 0 amide bonds. The van der Waals surface area contributed by atoms with E-state index in [2.05, 4.69) is 11.8 Å². The van der Waals surface area contributed by atoms with Crippen molar-refractivity contribution in [2.75, 3.05) is 18.0 Å². The number of halogens is 1. The van der Waals surface area contributed by atoms with Crippen LogP contribution in [-0.4, -0.2) is 18.9 Å². The molecule has 2 rings (SSSR count). The van der Waals surface area contributed by atoms with Gasteiger partial charge in [0.1, 0.15) is 5.82 Å². The Kier molecular flexibility index (Phi) is 4.56. The molecule has 0 radical (unpaired) electrons. The van der Waals surface area contributed by atoms with Crippen molar-refractivity contribution in [3.05, 3.63) is 29.6 Å². The minimum absolute atomic E-state index is 0.0641. The lowest BCUT2D eigenvalue weighted by molar-refractivity contribution is 0.101. The van der Waals surface area contributed by atoms with Gasteiger partial charge in [-0.1, -0.05) is 19.4 Å². The lowest BCUT2D eigenvalue weighted by Crippen LogP contribution is -2.27. The summed E-state index contributed by atoms with van der Waals surface area (Å²) in [5, 5.41) is 0. The summed E-state index contributed by atoms with van der Waals surface area (Å²) >= 11 is 0. The number of carbonyl (C=O) groups is 1. The number of para-hydroxylation sites is 1. The molecule has 1 unspecified atom stereocenters. The van der Waals surface area contributed by atoms with E-state index in [-0.39, 0.29) is 11.6 Å². The highest BCUT2D eigenvalue weighted by Crippen LogP contribution is 2.29. The van der Waals surface area contributed by atoms with E-state index in [9.17, 15) is 9.18 Å². The zero-order valence-electron chi connectivity index (χ0n) is 11.8. The maximum absolute atomic E-state index is 14.1. The van der Waals surface area contributed by atoms with E-state index < -0.39 is 0 Å². The van der Waals surface area contributed by atoms with Gasteiger partial charge in [0.15, 0.2) is 5.78 Å². The van der Waals surface area contributed by atoms with Gasteiger partial charge in [-0.25, -0.2) is 4.39 Å². The molecule has 1 aliphatic rings. The highest BCUT2D eigenvalue weighted by atomic mass is 19.1. The standard InChI is InChI=1S/C16H22FNO/c1-3-13-6-5-10-18(11-9-13)16-14(12(2)19)7-4-8-15(16)17/h4,7-8,13H,3,5-6,9-11H2,1-2H3. The highest BCUT2D eigenvalue weighted by Gasteiger charge is 2.21. The zero-order valence-corrected chi connectivity index (χ0v) is 11.8. The van der Waals surface area contributed by atoms with Crippen LogP contribution in [0.15, 0.2) is 18.2 Å². The van der Waals surface area contributed by atoms with Crippen molar-refractivity contribution in [1.29, 1.82) is 0 Å². The second kappa shape index (κ2) is 6.18. The first kappa shape index (κ1) is 14.0. The Labute approximate surface area is 114 Å². The van der Waals surface area contributed by atoms with Crippen LogP contribution in [0.1, 0.15) is 49.9 Å². The van der Waals surface area contributed by atoms with Gasteiger partial charge in [0.25, 0.3) is 0 Å². The Hall–Kier alpha value is -1.38. The molecule has 0 bridgehead atoms. The monoisotopic (exact) mass is 263 g/mol. The van der Waals surface area contributed by atoms with Crippen LogP contribution in [0.5, 0.6) is 0 Å². The molecule has 0 aromatic heterocycles. The fraction of sp³-hybridized carbons (Fsp3) is 0.562. The molecular formula is C16H22FNO. The molecule has 19 heavy (non-hydrogen) atoms. The van der Waals surface area contributed by atoms with E-state index in [1.165, 1.54) is 25.8 Å². The van der Waals surface area contributed by atoms with Crippen molar-refractivity contribution in [3.63, 3.8) is 0 Å². The molecule has 1 aromatic carbocycles. The van der Waals surface area contributed by atoms with Gasteiger partial charge in [0.05, 0.1) is 5.69 Å². The lowest BCUT2D eigenvalue weighted by Gasteiger charge is -2.25. The normalized spacial score (nSPS) is 20.2. The van der Waals surface area contributed by atoms with Gasteiger partial charge < -0.3 is 4.90 Å². The van der Waals surface area contributed by atoms with Crippen molar-refractivity contribution in [2.45, 2.75) is 39.5 Å². The molecule has 1 heterocycles. The number of nitrogens with zero attached hydrogens (tertiary/aromatic N) is 1. The van der Waals surface area contributed by atoms with Crippen LogP contribution in [0.25, 0.3) is 0 Å². The zero-order chi connectivity index (χ0) is 13.8. The van der Waals surface area contributed by atoms with Crippen molar-refractivity contribution in [1.82, 2.24) is 0 Å². The summed E-state index contributed by atoms with van der Waals surface area (Å²) in [7, 11) is 0. The summed E-state index contributed by atoms with van der Waals surface area (Å²) in [6.07, 6.45) is 4.55. The second-order valence-electron chi connectivity index (χ2n) is 5.38. The predicted octanol–water partition coefficient (Wildman–Crippen LogP) is 4.04. The smallest absolute Gasteiger partial charge is 0.161 e. The minimum Gasteiger partial charge on any atom is -0.369 e.